The van der Waals surface area contributed by atoms with Crippen molar-refractivity contribution < 1.29 is 13.9 Å². The third kappa shape index (κ3) is 4.02. The monoisotopic (exact) mass is 342 g/mol. The summed E-state index contributed by atoms with van der Waals surface area (Å²) < 4.78 is 19.0. The van der Waals surface area contributed by atoms with Crippen LogP contribution in [0.4, 0.5) is 15.8 Å². The van der Waals surface area contributed by atoms with E-state index < -0.39 is 17.8 Å². The van der Waals surface area contributed by atoms with E-state index in [4.69, 9.17) is 33.7 Å². The van der Waals surface area contributed by atoms with Gasteiger partial charge in [-0.1, -0.05) is 23.2 Å². The van der Waals surface area contributed by atoms with E-state index in [1.54, 1.807) is 12.1 Å². The van der Waals surface area contributed by atoms with Crippen molar-refractivity contribution in [1.29, 1.82) is 0 Å². The number of nitrogens with two attached hydrogens (primary N) is 1. The lowest BCUT2D eigenvalue weighted by Gasteiger charge is -2.16. The van der Waals surface area contributed by atoms with Gasteiger partial charge < -0.3 is 15.8 Å². The number of benzene rings is 2. The average Bonchev–Trinajstić information content (AvgIpc) is 2.45. The maximum atomic E-state index is 13.6. The first-order valence-corrected chi connectivity index (χ1v) is 7.10. The first-order chi connectivity index (χ1) is 10.4. The largest absolute Gasteiger partial charge is 0.479 e. The number of carbonyl (C=O) groups excluding carboxylic acids is 1. The summed E-state index contributed by atoms with van der Waals surface area (Å²) in [6.07, 6.45) is -0.889. The fraction of sp³-hybridized carbons (Fsp3) is 0.133. The van der Waals surface area contributed by atoms with Gasteiger partial charge in [0.05, 0.1) is 10.7 Å². The summed E-state index contributed by atoms with van der Waals surface area (Å²) >= 11 is 11.7. The smallest absolute Gasteiger partial charge is 0.265 e. The summed E-state index contributed by atoms with van der Waals surface area (Å²) in [5.74, 6) is -0.809. The number of anilines is 2. The molecule has 2 rings (SSSR count). The molecule has 2 aromatic rings. The van der Waals surface area contributed by atoms with E-state index in [1.165, 1.54) is 31.2 Å². The molecule has 2 aromatic carbocycles. The van der Waals surface area contributed by atoms with Gasteiger partial charge in [-0.2, -0.15) is 0 Å². The van der Waals surface area contributed by atoms with Crippen LogP contribution in [-0.4, -0.2) is 12.0 Å². The number of hydrogen-bond acceptors (Lipinski definition) is 3. The van der Waals surface area contributed by atoms with Crippen molar-refractivity contribution in [2.24, 2.45) is 0 Å². The zero-order valence-corrected chi connectivity index (χ0v) is 13.1. The fourth-order valence-electron chi connectivity index (χ4n) is 1.69. The molecule has 1 amide bonds. The molecule has 0 unspecified atom stereocenters. The van der Waals surface area contributed by atoms with Crippen LogP contribution in [0, 0.1) is 5.82 Å². The fourth-order valence-corrected chi connectivity index (χ4v) is 2.14. The lowest BCUT2D eigenvalue weighted by molar-refractivity contribution is -0.122. The van der Waals surface area contributed by atoms with Gasteiger partial charge in [0.2, 0.25) is 0 Å². The van der Waals surface area contributed by atoms with Crippen LogP contribution < -0.4 is 15.8 Å². The Bertz CT molecular complexity index is 710. The molecule has 0 saturated heterocycles. The van der Waals surface area contributed by atoms with E-state index in [0.29, 0.717) is 16.5 Å². The van der Waals surface area contributed by atoms with Crippen molar-refractivity contribution in [3.63, 3.8) is 0 Å². The van der Waals surface area contributed by atoms with Gasteiger partial charge in [-0.15, -0.1) is 0 Å². The highest BCUT2D eigenvalue weighted by molar-refractivity contribution is 6.35. The van der Waals surface area contributed by atoms with Gasteiger partial charge in [-0.3, -0.25) is 4.79 Å². The number of nitrogens with one attached hydrogen (secondary N) is 1. The second kappa shape index (κ2) is 6.85. The van der Waals surface area contributed by atoms with Crippen LogP contribution in [0.25, 0.3) is 0 Å². The SMILES string of the molecule is C[C@@H](Oc1ccc(Cl)cc1Cl)C(=O)Nc1cc(N)ccc1F. The van der Waals surface area contributed by atoms with E-state index in [1.807, 2.05) is 0 Å². The Balaban J connectivity index is 2.07. The molecule has 0 aliphatic heterocycles. The highest BCUT2D eigenvalue weighted by Crippen LogP contribution is 2.28. The predicted octanol–water partition coefficient (Wildman–Crippen LogP) is 4.12. The zero-order chi connectivity index (χ0) is 16.3. The third-order valence-electron chi connectivity index (χ3n) is 2.82. The first-order valence-electron chi connectivity index (χ1n) is 6.34. The van der Waals surface area contributed by atoms with Crippen LogP contribution in [0.5, 0.6) is 5.75 Å². The van der Waals surface area contributed by atoms with Crippen molar-refractivity contribution in [2.75, 3.05) is 11.1 Å². The highest BCUT2D eigenvalue weighted by atomic mass is 35.5. The van der Waals surface area contributed by atoms with E-state index >= 15 is 0 Å². The van der Waals surface area contributed by atoms with Gasteiger partial charge in [0.15, 0.2) is 6.10 Å². The Kier molecular flexibility index (Phi) is 5.11. The predicted molar refractivity (Wildman–Crippen MR) is 86.0 cm³/mol. The number of nitrogen functional groups attached to an aromatic ring is 1. The van der Waals surface area contributed by atoms with Crippen molar-refractivity contribution >= 4 is 40.5 Å². The Hall–Kier alpha value is -1.98. The molecule has 4 nitrogen and oxygen atoms in total. The molecule has 116 valence electrons. The maximum absolute atomic E-state index is 13.6. The third-order valence-corrected chi connectivity index (χ3v) is 3.35. The second-order valence-electron chi connectivity index (χ2n) is 4.56. The van der Waals surface area contributed by atoms with Crippen molar-refractivity contribution in [2.45, 2.75) is 13.0 Å². The van der Waals surface area contributed by atoms with E-state index in [2.05, 4.69) is 5.32 Å². The summed E-state index contributed by atoms with van der Waals surface area (Å²) in [5.41, 5.74) is 5.89. The van der Waals surface area contributed by atoms with Crippen LogP contribution in [0.1, 0.15) is 6.92 Å². The summed E-state index contributed by atoms with van der Waals surface area (Å²) in [6, 6.07) is 8.54. The molecule has 22 heavy (non-hydrogen) atoms. The van der Waals surface area contributed by atoms with E-state index in [9.17, 15) is 9.18 Å². The Morgan fingerprint density at radius 1 is 1.27 bits per heavy atom. The summed E-state index contributed by atoms with van der Waals surface area (Å²) in [6.45, 7) is 1.52. The number of halogens is 3. The van der Waals surface area contributed by atoms with Crippen LogP contribution in [0.2, 0.25) is 10.0 Å². The number of ether oxygens (including phenoxy) is 1. The molecule has 0 saturated carbocycles. The lowest BCUT2D eigenvalue weighted by atomic mass is 10.2. The van der Waals surface area contributed by atoms with Gasteiger partial charge in [-0.25, -0.2) is 4.39 Å². The molecule has 3 N–H and O–H groups in total. The molecule has 1 atom stereocenters. The molecule has 0 spiro atoms. The minimum Gasteiger partial charge on any atom is -0.479 e. The van der Waals surface area contributed by atoms with Crippen LogP contribution in [-0.2, 0) is 4.79 Å². The van der Waals surface area contributed by atoms with Crippen molar-refractivity contribution in [3.05, 3.63) is 52.3 Å². The van der Waals surface area contributed by atoms with Gasteiger partial charge >= 0.3 is 0 Å². The molecule has 0 fully saturated rings. The first kappa shape index (κ1) is 16.4. The normalized spacial score (nSPS) is 11.8. The number of rotatable bonds is 4. The van der Waals surface area contributed by atoms with Crippen LogP contribution in [0.15, 0.2) is 36.4 Å². The molecule has 0 bridgehead atoms. The van der Waals surface area contributed by atoms with E-state index in [0.717, 1.165) is 0 Å². The van der Waals surface area contributed by atoms with Gasteiger partial charge in [-0.05, 0) is 43.3 Å². The van der Waals surface area contributed by atoms with Gasteiger partial charge in [0.1, 0.15) is 11.6 Å². The minimum atomic E-state index is -0.889. The summed E-state index contributed by atoms with van der Waals surface area (Å²) in [7, 11) is 0. The lowest BCUT2D eigenvalue weighted by Crippen LogP contribution is -2.30. The zero-order valence-electron chi connectivity index (χ0n) is 11.6. The Labute approximate surface area is 137 Å². The molecule has 0 radical (unpaired) electrons. The van der Waals surface area contributed by atoms with Crippen molar-refractivity contribution in [1.82, 2.24) is 0 Å². The maximum Gasteiger partial charge on any atom is 0.265 e. The molecule has 7 heteroatoms. The standard InChI is InChI=1S/C15H13Cl2FN2O2/c1-8(22-14-5-2-9(16)6-11(14)17)15(21)20-13-7-10(19)3-4-12(13)18/h2-8H,19H2,1H3,(H,20,21)/t8-/m1/s1. The summed E-state index contributed by atoms with van der Waals surface area (Å²) in [5, 5.41) is 3.15. The quantitative estimate of drug-likeness (QED) is 0.821. The topological polar surface area (TPSA) is 64.3 Å². The molecular weight excluding hydrogens is 330 g/mol. The summed E-state index contributed by atoms with van der Waals surface area (Å²) in [4.78, 5) is 12.0. The minimum absolute atomic E-state index is 0.0114. The van der Waals surface area contributed by atoms with Gasteiger partial charge in [0.25, 0.3) is 5.91 Å². The second-order valence-corrected chi connectivity index (χ2v) is 5.41. The number of amides is 1. The van der Waals surface area contributed by atoms with Crippen LogP contribution in [0.3, 0.4) is 0 Å². The molecule has 0 aliphatic carbocycles. The van der Waals surface area contributed by atoms with Crippen LogP contribution >= 0.6 is 23.2 Å². The van der Waals surface area contributed by atoms with Gasteiger partial charge in [0, 0.05) is 10.7 Å². The molecule has 0 heterocycles. The number of hydrogen-bond donors (Lipinski definition) is 2. The Morgan fingerprint density at radius 2 is 2.00 bits per heavy atom. The van der Waals surface area contributed by atoms with Crippen molar-refractivity contribution in [3.8, 4) is 5.75 Å². The molecule has 0 aromatic heterocycles. The number of carbonyl (C=O) groups is 1. The molecule has 0 aliphatic rings. The Morgan fingerprint density at radius 3 is 2.68 bits per heavy atom. The molecular formula is C15H13Cl2FN2O2. The highest BCUT2D eigenvalue weighted by Gasteiger charge is 2.18. The van der Waals surface area contributed by atoms with E-state index in [-0.39, 0.29) is 10.7 Å². The average molecular weight is 343 g/mol.